The Kier molecular flexibility index (Phi) is 3.06. The van der Waals surface area contributed by atoms with Gasteiger partial charge in [-0.25, -0.2) is 0 Å². The Morgan fingerprint density at radius 3 is 1.36 bits per heavy atom. The van der Waals surface area contributed by atoms with E-state index in [9.17, 15) is 0 Å². The minimum atomic E-state index is -0.197. The van der Waals surface area contributed by atoms with Crippen LogP contribution >= 0.6 is 22.9 Å². The van der Waals surface area contributed by atoms with Gasteiger partial charge in [0.05, 0.1) is 0 Å². The first kappa shape index (κ1) is 9.62. The third kappa shape index (κ3) is 1.51. The molecule has 0 amide bonds. The zero-order valence-electron chi connectivity index (χ0n) is 6.07. The lowest BCUT2D eigenvalue weighted by Gasteiger charge is -2.17. The van der Waals surface area contributed by atoms with Crippen molar-refractivity contribution >= 4 is 22.9 Å². The molecule has 0 radical (unpaired) electrons. The summed E-state index contributed by atoms with van der Waals surface area (Å²) >= 11 is 2.02. The lowest BCUT2D eigenvalue weighted by molar-refractivity contribution is 0.517. The highest BCUT2D eigenvalue weighted by molar-refractivity contribution is 14.1. The number of hydrogen-bond donors (Lipinski definition) is 5. The van der Waals surface area contributed by atoms with Gasteiger partial charge in [0, 0.05) is 53.1 Å². The first-order valence-electron chi connectivity index (χ1n) is 3.48. The predicted molar refractivity (Wildman–Crippen MR) is 52.8 cm³/mol. The fraction of sp³-hybridized carbons (Fsp3) is 1.00. The monoisotopic (exact) mass is 271 g/mol. The quantitative estimate of drug-likeness (QED) is 0.270. The highest BCUT2D eigenvalue weighted by atomic mass is 127. The van der Waals surface area contributed by atoms with Gasteiger partial charge in [-0.15, -0.1) is 0 Å². The summed E-state index contributed by atoms with van der Waals surface area (Å²) in [5, 5.41) is 0. The number of hydrogen-bond acceptors (Lipinski definition) is 5. The van der Waals surface area contributed by atoms with Crippen molar-refractivity contribution in [3.63, 3.8) is 0 Å². The fourth-order valence-electron chi connectivity index (χ4n) is 1.39. The Bertz CT molecular complexity index is 129. The maximum Gasteiger partial charge on any atom is 0.0497 e. The van der Waals surface area contributed by atoms with Crippen LogP contribution in [0.15, 0.2) is 0 Å². The van der Waals surface area contributed by atoms with Crippen LogP contribution in [0.4, 0.5) is 0 Å². The van der Waals surface area contributed by atoms with Crippen LogP contribution < -0.4 is 26.5 Å². The molecule has 0 aromatic heterocycles. The van der Waals surface area contributed by atoms with Crippen LogP contribution in [0.2, 0.25) is 0 Å². The van der Waals surface area contributed by atoms with Crippen molar-refractivity contribution in [2.75, 3.05) is 0 Å². The van der Waals surface area contributed by atoms with Crippen LogP contribution in [-0.4, -0.2) is 30.2 Å². The highest BCUT2D eigenvalue weighted by Crippen LogP contribution is 2.15. The van der Waals surface area contributed by atoms with Gasteiger partial charge in [-0.1, -0.05) is 0 Å². The largest absolute Gasteiger partial charge is 0.325 e. The molecule has 1 fully saturated rings. The molecule has 1 saturated carbocycles. The molecule has 0 heterocycles. The van der Waals surface area contributed by atoms with E-state index in [0.717, 1.165) is 0 Å². The van der Waals surface area contributed by atoms with E-state index in [0.29, 0.717) is 0 Å². The Labute approximate surface area is 79.7 Å². The molecule has 0 spiro atoms. The van der Waals surface area contributed by atoms with Gasteiger partial charge in [0.15, 0.2) is 0 Å². The van der Waals surface area contributed by atoms with Crippen LogP contribution in [0, 0.1) is 0 Å². The van der Waals surface area contributed by atoms with Crippen molar-refractivity contribution in [3.05, 3.63) is 0 Å². The average Bonchev–Trinajstić information content (AvgIpc) is 2.17. The van der Waals surface area contributed by atoms with Crippen LogP contribution in [0.5, 0.6) is 0 Å². The zero-order chi connectivity index (χ0) is 8.59. The SMILES string of the molecule is NC1C(N)C(N)C(NI)C1N. The Morgan fingerprint density at radius 2 is 1.18 bits per heavy atom. The van der Waals surface area contributed by atoms with Gasteiger partial charge < -0.3 is 22.9 Å². The molecule has 1 aliphatic carbocycles. The highest BCUT2D eigenvalue weighted by Gasteiger charge is 2.43. The second-order valence-electron chi connectivity index (χ2n) is 2.94. The maximum absolute atomic E-state index is 5.76. The van der Waals surface area contributed by atoms with Crippen LogP contribution in [-0.2, 0) is 0 Å². The molecule has 0 aromatic carbocycles. The van der Waals surface area contributed by atoms with Crippen LogP contribution in [0.1, 0.15) is 0 Å². The molecule has 4 unspecified atom stereocenters. The number of nitrogens with two attached hydrogens (primary N) is 4. The van der Waals surface area contributed by atoms with Crippen molar-refractivity contribution in [2.24, 2.45) is 22.9 Å². The smallest absolute Gasteiger partial charge is 0.0497 e. The molecular formula is C5H14IN5. The summed E-state index contributed by atoms with van der Waals surface area (Å²) in [7, 11) is 0. The van der Waals surface area contributed by atoms with Gasteiger partial charge in [0.2, 0.25) is 0 Å². The molecule has 5 nitrogen and oxygen atoms in total. The van der Waals surface area contributed by atoms with Crippen molar-refractivity contribution in [1.29, 1.82) is 0 Å². The topological polar surface area (TPSA) is 116 Å². The third-order valence-corrected chi connectivity index (χ3v) is 3.01. The number of rotatable bonds is 1. The Balaban J connectivity index is 2.69. The summed E-state index contributed by atoms with van der Waals surface area (Å²) in [4.78, 5) is 0. The lowest BCUT2D eigenvalue weighted by Crippen LogP contribution is -2.50. The molecule has 6 heteroatoms. The summed E-state index contributed by atoms with van der Waals surface area (Å²) in [5.41, 5.74) is 22.9. The standard InChI is InChI=1S/C5H14IN5/c6-11-5-3(9)1(7)2(8)4(5)10/h1-5,11H,7-10H2. The van der Waals surface area contributed by atoms with Gasteiger partial charge in [0.1, 0.15) is 0 Å². The van der Waals surface area contributed by atoms with E-state index in [1.165, 1.54) is 0 Å². The minimum Gasteiger partial charge on any atom is -0.325 e. The Morgan fingerprint density at radius 1 is 0.818 bits per heavy atom. The summed E-state index contributed by atoms with van der Waals surface area (Å²) in [5.74, 6) is 0. The summed E-state index contributed by atoms with van der Waals surface area (Å²) in [6.07, 6.45) is 0. The normalized spacial score (nSPS) is 51.5. The van der Waals surface area contributed by atoms with Crippen LogP contribution in [0.25, 0.3) is 0 Å². The third-order valence-electron chi connectivity index (χ3n) is 2.29. The lowest BCUT2D eigenvalue weighted by atomic mass is 10.1. The molecule has 1 rings (SSSR count). The molecule has 1 aliphatic rings. The molecule has 0 aromatic rings. The summed E-state index contributed by atoms with van der Waals surface area (Å²) in [6.45, 7) is 0. The van der Waals surface area contributed by atoms with E-state index in [2.05, 4.69) is 3.53 Å². The fourth-order valence-corrected chi connectivity index (χ4v) is 2.22. The van der Waals surface area contributed by atoms with E-state index in [1.54, 1.807) is 0 Å². The molecule has 9 N–H and O–H groups in total. The van der Waals surface area contributed by atoms with Crippen molar-refractivity contribution in [3.8, 4) is 0 Å². The first-order chi connectivity index (χ1) is 5.09. The van der Waals surface area contributed by atoms with Gasteiger partial charge in [0.25, 0.3) is 0 Å². The van der Waals surface area contributed by atoms with E-state index in [4.69, 9.17) is 22.9 Å². The van der Waals surface area contributed by atoms with Gasteiger partial charge >= 0.3 is 0 Å². The molecule has 11 heavy (non-hydrogen) atoms. The number of halogens is 1. The van der Waals surface area contributed by atoms with Gasteiger partial charge in [-0.2, -0.15) is 0 Å². The van der Waals surface area contributed by atoms with E-state index < -0.39 is 0 Å². The van der Waals surface area contributed by atoms with E-state index >= 15 is 0 Å². The minimum absolute atomic E-state index is 0.0283. The maximum atomic E-state index is 5.76. The van der Waals surface area contributed by atoms with Crippen molar-refractivity contribution < 1.29 is 0 Å². The summed E-state index contributed by atoms with van der Waals surface area (Å²) < 4.78 is 2.98. The molecule has 0 bridgehead atoms. The first-order valence-corrected chi connectivity index (χ1v) is 4.56. The molecule has 4 atom stereocenters. The van der Waals surface area contributed by atoms with Gasteiger partial charge in [-0.3, -0.25) is 3.53 Å². The second-order valence-corrected chi connectivity index (χ2v) is 3.57. The van der Waals surface area contributed by atoms with Crippen molar-refractivity contribution in [1.82, 2.24) is 3.53 Å². The molecule has 0 aliphatic heterocycles. The van der Waals surface area contributed by atoms with E-state index in [-0.39, 0.29) is 30.2 Å². The van der Waals surface area contributed by atoms with Crippen LogP contribution in [0.3, 0.4) is 0 Å². The molecular weight excluding hydrogens is 257 g/mol. The van der Waals surface area contributed by atoms with Gasteiger partial charge in [-0.05, 0) is 0 Å². The number of nitrogens with one attached hydrogen (secondary N) is 1. The molecule has 66 valence electrons. The van der Waals surface area contributed by atoms with Crippen molar-refractivity contribution in [2.45, 2.75) is 30.2 Å². The zero-order valence-corrected chi connectivity index (χ0v) is 8.23. The average molecular weight is 271 g/mol. The predicted octanol–water partition coefficient (Wildman–Crippen LogP) is -2.38. The Hall–Kier alpha value is 0.530. The summed E-state index contributed by atoms with van der Waals surface area (Å²) in [6, 6.07) is -0.649. The second kappa shape index (κ2) is 3.50. The van der Waals surface area contributed by atoms with E-state index in [1.807, 2.05) is 22.9 Å². The molecule has 0 saturated heterocycles.